The number of amides is 2. The maximum Gasteiger partial charge on any atom is 0.326 e. The fourth-order valence-electron chi connectivity index (χ4n) is 3.83. The molecule has 0 saturated heterocycles. The molecule has 1 N–H and O–H groups in total. The third-order valence-electron chi connectivity index (χ3n) is 5.30. The number of esters is 1. The van der Waals surface area contributed by atoms with Gasteiger partial charge in [-0.15, -0.1) is 0 Å². The van der Waals surface area contributed by atoms with Crippen molar-refractivity contribution < 1.29 is 23.9 Å². The van der Waals surface area contributed by atoms with E-state index in [4.69, 9.17) is 9.47 Å². The third-order valence-corrected chi connectivity index (χ3v) is 5.30. The fraction of sp³-hybridized carbons (Fsp3) is 0.591. The molecule has 0 radical (unpaired) electrons. The molecule has 1 atom stereocenters. The first-order chi connectivity index (χ1) is 13.9. The summed E-state index contributed by atoms with van der Waals surface area (Å²) in [6.45, 7) is 3.60. The van der Waals surface area contributed by atoms with Crippen molar-refractivity contribution in [3.63, 3.8) is 0 Å². The second kappa shape index (κ2) is 9.76. The number of nitrogens with one attached hydrogen (secondary N) is 1. The Balaban J connectivity index is 1.63. The summed E-state index contributed by atoms with van der Waals surface area (Å²) in [5, 5.41) is 3.04. The molecule has 1 aromatic rings. The molecule has 1 saturated carbocycles. The minimum Gasteiger partial charge on any atom is -0.482 e. The number of fused-ring (bicyclic) bond motifs is 1. The predicted molar refractivity (Wildman–Crippen MR) is 109 cm³/mol. The Kier molecular flexibility index (Phi) is 7.12. The van der Waals surface area contributed by atoms with Gasteiger partial charge in [0.1, 0.15) is 12.3 Å². The highest BCUT2D eigenvalue weighted by Gasteiger charge is 2.31. The van der Waals surface area contributed by atoms with Gasteiger partial charge in [-0.1, -0.05) is 45.2 Å². The van der Waals surface area contributed by atoms with Crippen molar-refractivity contribution in [2.24, 2.45) is 5.92 Å². The monoisotopic (exact) mass is 402 g/mol. The predicted octanol–water partition coefficient (Wildman–Crippen LogP) is 2.82. The van der Waals surface area contributed by atoms with Gasteiger partial charge in [-0.2, -0.15) is 0 Å². The van der Waals surface area contributed by atoms with Gasteiger partial charge in [0.25, 0.3) is 11.8 Å². The Labute approximate surface area is 171 Å². The van der Waals surface area contributed by atoms with Crippen LogP contribution in [-0.2, 0) is 19.1 Å². The molecule has 0 bridgehead atoms. The zero-order chi connectivity index (χ0) is 20.8. The number of carbonyl (C=O) groups excluding carboxylic acids is 3. The van der Waals surface area contributed by atoms with Crippen LogP contribution >= 0.6 is 0 Å². The highest BCUT2D eigenvalue weighted by Crippen LogP contribution is 2.31. The van der Waals surface area contributed by atoms with Crippen LogP contribution < -0.4 is 15.0 Å². The van der Waals surface area contributed by atoms with E-state index in [1.165, 1.54) is 11.3 Å². The van der Waals surface area contributed by atoms with Gasteiger partial charge in [-0.3, -0.25) is 19.3 Å². The van der Waals surface area contributed by atoms with Crippen molar-refractivity contribution in [2.75, 3.05) is 18.1 Å². The van der Waals surface area contributed by atoms with Crippen molar-refractivity contribution in [2.45, 2.75) is 64.5 Å². The minimum atomic E-state index is -0.851. The molecule has 29 heavy (non-hydrogen) atoms. The molecule has 2 aliphatic rings. The van der Waals surface area contributed by atoms with Crippen LogP contribution in [0.1, 0.15) is 52.4 Å². The molecule has 3 rings (SSSR count). The first-order valence-corrected chi connectivity index (χ1v) is 10.5. The SMILES string of the molecule is CC(C)CC(OC(=O)CN1C(=O)COc2ccccc21)C(=O)NC1CCCCC1. The molecule has 1 aliphatic heterocycles. The van der Waals surface area contributed by atoms with Crippen molar-refractivity contribution >= 4 is 23.5 Å². The first-order valence-electron chi connectivity index (χ1n) is 10.5. The molecular formula is C22H30N2O5. The van der Waals surface area contributed by atoms with Crippen LogP contribution in [0.25, 0.3) is 0 Å². The normalized spacial score (nSPS) is 18.0. The van der Waals surface area contributed by atoms with Crippen LogP contribution in [-0.4, -0.2) is 43.1 Å². The summed E-state index contributed by atoms with van der Waals surface area (Å²) in [5.41, 5.74) is 0.535. The summed E-state index contributed by atoms with van der Waals surface area (Å²) >= 11 is 0. The molecule has 7 nitrogen and oxygen atoms in total. The Morgan fingerprint density at radius 1 is 1.21 bits per heavy atom. The molecular weight excluding hydrogens is 372 g/mol. The van der Waals surface area contributed by atoms with Gasteiger partial charge in [0.2, 0.25) is 0 Å². The molecule has 1 heterocycles. The number of nitrogens with zero attached hydrogens (tertiary/aromatic N) is 1. The van der Waals surface area contributed by atoms with E-state index in [0.717, 1.165) is 25.7 Å². The van der Waals surface area contributed by atoms with Crippen molar-refractivity contribution in [1.82, 2.24) is 5.32 Å². The zero-order valence-electron chi connectivity index (χ0n) is 17.2. The summed E-state index contributed by atoms with van der Waals surface area (Å²) in [7, 11) is 0. The van der Waals surface area contributed by atoms with E-state index in [0.29, 0.717) is 17.9 Å². The highest BCUT2D eigenvalue weighted by atomic mass is 16.5. The van der Waals surface area contributed by atoms with Crippen LogP contribution in [0.4, 0.5) is 5.69 Å². The lowest BCUT2D eigenvalue weighted by atomic mass is 9.95. The van der Waals surface area contributed by atoms with E-state index in [1.54, 1.807) is 24.3 Å². The molecule has 0 spiro atoms. The minimum absolute atomic E-state index is 0.123. The number of ether oxygens (including phenoxy) is 2. The van der Waals surface area contributed by atoms with Gasteiger partial charge in [0, 0.05) is 6.04 Å². The Morgan fingerprint density at radius 3 is 2.66 bits per heavy atom. The van der Waals surface area contributed by atoms with E-state index < -0.39 is 12.1 Å². The Hall–Kier alpha value is -2.57. The number of para-hydroxylation sites is 2. The average molecular weight is 402 g/mol. The number of benzene rings is 1. The van der Waals surface area contributed by atoms with Gasteiger partial charge >= 0.3 is 5.97 Å². The Bertz CT molecular complexity index is 742. The topological polar surface area (TPSA) is 84.9 Å². The van der Waals surface area contributed by atoms with E-state index in [9.17, 15) is 14.4 Å². The maximum atomic E-state index is 12.7. The van der Waals surface area contributed by atoms with Crippen molar-refractivity contribution in [3.8, 4) is 5.75 Å². The fourth-order valence-corrected chi connectivity index (χ4v) is 3.83. The van der Waals surface area contributed by atoms with E-state index in [-0.39, 0.29) is 36.9 Å². The van der Waals surface area contributed by atoms with E-state index >= 15 is 0 Å². The molecule has 0 aromatic heterocycles. The highest BCUT2D eigenvalue weighted by molar-refractivity contribution is 6.01. The summed E-state index contributed by atoms with van der Waals surface area (Å²) < 4.78 is 10.9. The van der Waals surface area contributed by atoms with Gasteiger partial charge in [0.05, 0.1) is 5.69 Å². The summed E-state index contributed by atoms with van der Waals surface area (Å²) in [5.74, 6) is -0.413. The smallest absolute Gasteiger partial charge is 0.326 e. The first kappa shape index (κ1) is 21.1. The average Bonchev–Trinajstić information content (AvgIpc) is 2.70. The van der Waals surface area contributed by atoms with Crippen LogP contribution in [0.5, 0.6) is 5.75 Å². The number of anilines is 1. The third kappa shape index (κ3) is 5.71. The van der Waals surface area contributed by atoms with Crippen LogP contribution in [0.15, 0.2) is 24.3 Å². The van der Waals surface area contributed by atoms with Gasteiger partial charge in [-0.25, -0.2) is 0 Å². The standard InChI is InChI=1S/C22H30N2O5/c1-15(2)12-19(22(27)23-16-8-4-3-5-9-16)29-21(26)13-24-17-10-6-7-11-18(17)28-14-20(24)25/h6-7,10-11,15-16,19H,3-5,8-9,12-14H2,1-2H3,(H,23,27). The number of hydrogen-bond donors (Lipinski definition) is 1. The summed E-state index contributed by atoms with van der Waals surface area (Å²) in [6.07, 6.45) is 4.94. The van der Waals surface area contributed by atoms with Crippen LogP contribution in [0.2, 0.25) is 0 Å². The van der Waals surface area contributed by atoms with Crippen LogP contribution in [0.3, 0.4) is 0 Å². The van der Waals surface area contributed by atoms with Crippen molar-refractivity contribution in [1.29, 1.82) is 0 Å². The molecule has 2 amide bonds. The van der Waals surface area contributed by atoms with E-state index in [2.05, 4.69) is 5.32 Å². The largest absolute Gasteiger partial charge is 0.482 e. The molecule has 1 aromatic carbocycles. The second-order valence-corrected chi connectivity index (χ2v) is 8.19. The van der Waals surface area contributed by atoms with Gasteiger partial charge < -0.3 is 14.8 Å². The molecule has 1 aliphatic carbocycles. The Morgan fingerprint density at radius 2 is 1.93 bits per heavy atom. The lowest BCUT2D eigenvalue weighted by Crippen LogP contribution is -2.47. The van der Waals surface area contributed by atoms with Crippen molar-refractivity contribution in [3.05, 3.63) is 24.3 Å². The van der Waals surface area contributed by atoms with Crippen LogP contribution in [0, 0.1) is 5.92 Å². The second-order valence-electron chi connectivity index (χ2n) is 8.19. The number of rotatable bonds is 7. The number of hydrogen-bond acceptors (Lipinski definition) is 5. The molecule has 1 fully saturated rings. The number of carbonyl (C=O) groups is 3. The molecule has 158 valence electrons. The summed E-state index contributed by atoms with van der Waals surface area (Å²) in [4.78, 5) is 39.0. The molecule has 1 unspecified atom stereocenters. The zero-order valence-corrected chi connectivity index (χ0v) is 17.2. The quantitative estimate of drug-likeness (QED) is 0.709. The lowest BCUT2D eigenvalue weighted by molar-refractivity contribution is -0.156. The van der Waals surface area contributed by atoms with Gasteiger partial charge in [0.15, 0.2) is 12.7 Å². The summed E-state index contributed by atoms with van der Waals surface area (Å²) in [6, 6.07) is 7.20. The van der Waals surface area contributed by atoms with Gasteiger partial charge in [-0.05, 0) is 37.3 Å². The molecule has 7 heteroatoms. The maximum absolute atomic E-state index is 12.7. The lowest BCUT2D eigenvalue weighted by Gasteiger charge is -2.29. The van der Waals surface area contributed by atoms with E-state index in [1.807, 2.05) is 13.8 Å².